The third kappa shape index (κ3) is 6.34. The molecule has 1 amide bonds. The van der Waals surface area contributed by atoms with Crippen molar-refractivity contribution in [3.8, 4) is 10.4 Å². The maximum atomic E-state index is 14.9. The summed E-state index contributed by atoms with van der Waals surface area (Å²) in [5, 5.41) is 16.4. The van der Waals surface area contributed by atoms with Crippen LogP contribution in [0, 0.1) is 18.6 Å². The number of rotatable bonds is 11. The van der Waals surface area contributed by atoms with Gasteiger partial charge in [-0.3, -0.25) is 4.79 Å². The van der Waals surface area contributed by atoms with Crippen molar-refractivity contribution in [3.63, 3.8) is 0 Å². The minimum absolute atomic E-state index is 0.0811. The molecule has 0 aliphatic heterocycles. The molecule has 0 radical (unpaired) electrons. The fourth-order valence-corrected chi connectivity index (χ4v) is 4.67. The van der Waals surface area contributed by atoms with Gasteiger partial charge in [-0.05, 0) is 35.9 Å². The van der Waals surface area contributed by atoms with Crippen molar-refractivity contribution in [2.24, 2.45) is 5.73 Å². The van der Waals surface area contributed by atoms with Gasteiger partial charge in [0.2, 0.25) is 5.89 Å². The zero-order chi connectivity index (χ0) is 26.5. The van der Waals surface area contributed by atoms with Crippen molar-refractivity contribution in [2.45, 2.75) is 32.8 Å². The van der Waals surface area contributed by atoms with Crippen LogP contribution in [0.15, 0.2) is 40.9 Å². The Labute approximate surface area is 215 Å². The van der Waals surface area contributed by atoms with Gasteiger partial charge < -0.3 is 25.4 Å². The summed E-state index contributed by atoms with van der Waals surface area (Å²) in [6, 6.07) is 9.02. The predicted molar refractivity (Wildman–Crippen MR) is 134 cm³/mol. The highest BCUT2D eigenvalue weighted by atomic mass is 32.1. The Hall–Kier alpha value is -3.74. The van der Waals surface area contributed by atoms with Gasteiger partial charge in [0.25, 0.3) is 5.91 Å². The van der Waals surface area contributed by atoms with Crippen LogP contribution in [0.5, 0.6) is 0 Å². The lowest BCUT2D eigenvalue weighted by Gasteiger charge is -2.11. The van der Waals surface area contributed by atoms with Crippen molar-refractivity contribution < 1.29 is 27.9 Å². The van der Waals surface area contributed by atoms with E-state index in [9.17, 15) is 18.7 Å². The van der Waals surface area contributed by atoms with Crippen molar-refractivity contribution in [1.29, 1.82) is 0 Å². The fourth-order valence-electron chi connectivity index (χ4n) is 3.55. The molecule has 3 heterocycles. The number of ether oxygens (including phenoxy) is 1. The number of hydrogen-bond acceptors (Lipinski definition) is 9. The van der Waals surface area contributed by atoms with Gasteiger partial charge in [0.1, 0.15) is 29.1 Å². The molecule has 3 aromatic heterocycles. The van der Waals surface area contributed by atoms with E-state index >= 15 is 0 Å². The zero-order valence-corrected chi connectivity index (χ0v) is 20.9. The van der Waals surface area contributed by atoms with Gasteiger partial charge in [-0.2, -0.15) is 4.98 Å². The van der Waals surface area contributed by atoms with E-state index in [0.717, 1.165) is 17.0 Å². The normalized spacial score (nSPS) is 12.0. The van der Waals surface area contributed by atoms with Crippen LogP contribution in [0.2, 0.25) is 0 Å². The van der Waals surface area contributed by atoms with E-state index in [2.05, 4.69) is 20.4 Å². The minimum Gasteiger partial charge on any atom is -0.396 e. The Morgan fingerprint density at radius 1 is 1.24 bits per heavy atom. The molecule has 12 heteroatoms. The SMILES string of the molecule is Cc1nc(COCCc2cccc(Nc3sc(-c4c(F)cc(C(C)CO)cc4F)cc3C(N)=O)n2)no1. The van der Waals surface area contributed by atoms with Crippen LogP contribution in [-0.4, -0.2) is 39.4 Å². The molecule has 4 rings (SSSR count). The Balaban J connectivity index is 1.50. The Bertz CT molecular complexity index is 1380. The number of aryl methyl sites for hydroxylation is 1. The molecule has 4 N–H and O–H groups in total. The molecule has 0 aliphatic rings. The lowest BCUT2D eigenvalue weighted by Crippen LogP contribution is -2.11. The first kappa shape index (κ1) is 26.3. The van der Waals surface area contributed by atoms with Gasteiger partial charge in [0.05, 0.1) is 17.7 Å². The van der Waals surface area contributed by atoms with Gasteiger partial charge >= 0.3 is 0 Å². The highest BCUT2D eigenvalue weighted by Gasteiger charge is 2.22. The molecular formula is C25H25F2N5O4S. The summed E-state index contributed by atoms with van der Waals surface area (Å²) >= 11 is 0.982. The van der Waals surface area contributed by atoms with E-state index in [1.165, 1.54) is 18.2 Å². The molecule has 0 spiro atoms. The molecule has 37 heavy (non-hydrogen) atoms. The number of halogens is 2. The molecule has 0 saturated carbocycles. The number of carbonyl (C=O) groups excluding carboxylic acids is 1. The summed E-state index contributed by atoms with van der Waals surface area (Å²) in [5.41, 5.74) is 6.40. The van der Waals surface area contributed by atoms with Crippen LogP contribution in [0.3, 0.4) is 0 Å². The molecule has 0 aliphatic carbocycles. The van der Waals surface area contributed by atoms with Gasteiger partial charge in [-0.25, -0.2) is 13.8 Å². The predicted octanol–water partition coefficient (Wildman–Crippen LogP) is 4.48. The molecule has 1 aromatic carbocycles. The van der Waals surface area contributed by atoms with Crippen molar-refractivity contribution in [1.82, 2.24) is 15.1 Å². The quantitative estimate of drug-likeness (QED) is 0.242. The zero-order valence-electron chi connectivity index (χ0n) is 20.1. The number of nitrogens with two attached hydrogens (primary N) is 1. The second kappa shape index (κ2) is 11.5. The maximum absolute atomic E-state index is 14.9. The van der Waals surface area contributed by atoms with E-state index < -0.39 is 23.5 Å². The smallest absolute Gasteiger partial charge is 0.251 e. The van der Waals surface area contributed by atoms with E-state index in [1.54, 1.807) is 26.0 Å². The number of benzene rings is 1. The monoisotopic (exact) mass is 529 g/mol. The molecule has 194 valence electrons. The minimum atomic E-state index is -0.796. The second-order valence-corrected chi connectivity index (χ2v) is 9.38. The number of carbonyl (C=O) groups is 1. The van der Waals surface area contributed by atoms with Crippen LogP contribution in [0.25, 0.3) is 10.4 Å². The molecule has 1 unspecified atom stereocenters. The van der Waals surface area contributed by atoms with Crippen LogP contribution in [-0.2, 0) is 17.8 Å². The number of nitrogens with zero attached hydrogens (tertiary/aromatic N) is 3. The summed E-state index contributed by atoms with van der Waals surface area (Å²) in [4.78, 5) is 20.9. The lowest BCUT2D eigenvalue weighted by molar-refractivity contribution is 0.100. The number of anilines is 2. The van der Waals surface area contributed by atoms with Crippen molar-refractivity contribution >= 4 is 28.1 Å². The Morgan fingerprint density at radius 2 is 2.00 bits per heavy atom. The fraction of sp³-hybridized carbons (Fsp3) is 0.280. The molecule has 0 saturated heterocycles. The van der Waals surface area contributed by atoms with E-state index in [4.69, 9.17) is 15.0 Å². The summed E-state index contributed by atoms with van der Waals surface area (Å²) in [6.45, 7) is 3.69. The maximum Gasteiger partial charge on any atom is 0.251 e. The molecule has 4 aromatic rings. The van der Waals surface area contributed by atoms with Gasteiger partial charge in [0, 0.05) is 36.4 Å². The Kier molecular flexibility index (Phi) is 8.21. The highest BCUT2D eigenvalue weighted by Crippen LogP contribution is 2.39. The average molecular weight is 530 g/mol. The number of aliphatic hydroxyl groups excluding tert-OH is 1. The lowest BCUT2D eigenvalue weighted by atomic mass is 9.99. The number of nitrogens with one attached hydrogen (secondary N) is 1. The third-order valence-corrected chi connectivity index (χ3v) is 6.57. The standard InChI is InChI=1S/C25H25F2N5O4S/c1-13(11-33)15-8-18(26)23(19(27)9-15)20-10-17(24(28)34)25(37-20)31-21-5-3-4-16(30-21)6-7-35-12-22-29-14(2)36-32-22/h3-5,8-10,13,33H,6-7,11-12H2,1-2H3,(H2,28,34)(H,30,31). The number of primary amides is 1. The van der Waals surface area contributed by atoms with E-state index in [1.807, 2.05) is 6.07 Å². The van der Waals surface area contributed by atoms with Gasteiger partial charge in [-0.1, -0.05) is 18.1 Å². The highest BCUT2D eigenvalue weighted by molar-refractivity contribution is 7.20. The summed E-state index contributed by atoms with van der Waals surface area (Å²) in [7, 11) is 0. The first-order chi connectivity index (χ1) is 17.7. The van der Waals surface area contributed by atoms with Crippen molar-refractivity contribution in [2.75, 3.05) is 18.5 Å². The van der Waals surface area contributed by atoms with Crippen LogP contribution in [0.4, 0.5) is 19.6 Å². The summed E-state index contributed by atoms with van der Waals surface area (Å²) < 4.78 is 40.2. The molecular weight excluding hydrogens is 504 g/mol. The number of amides is 1. The first-order valence-corrected chi connectivity index (χ1v) is 12.2. The molecule has 1 atom stereocenters. The first-order valence-electron chi connectivity index (χ1n) is 11.4. The summed E-state index contributed by atoms with van der Waals surface area (Å²) in [6.07, 6.45) is 0.500. The Morgan fingerprint density at radius 3 is 2.65 bits per heavy atom. The van der Waals surface area contributed by atoms with Gasteiger partial charge in [0.15, 0.2) is 5.82 Å². The topological polar surface area (TPSA) is 136 Å². The largest absolute Gasteiger partial charge is 0.396 e. The third-order valence-electron chi connectivity index (χ3n) is 5.50. The van der Waals surface area contributed by atoms with E-state index in [0.29, 0.717) is 41.1 Å². The average Bonchev–Trinajstić information content (AvgIpc) is 3.47. The number of aromatic nitrogens is 3. The number of hydrogen-bond donors (Lipinski definition) is 3. The number of thiophene rings is 1. The number of pyridine rings is 1. The molecule has 9 nitrogen and oxygen atoms in total. The van der Waals surface area contributed by atoms with Crippen LogP contribution < -0.4 is 11.1 Å². The van der Waals surface area contributed by atoms with Crippen LogP contribution in [0.1, 0.15) is 46.2 Å². The molecule has 0 bridgehead atoms. The molecule has 0 fully saturated rings. The second-order valence-electron chi connectivity index (χ2n) is 8.33. The van der Waals surface area contributed by atoms with Crippen LogP contribution >= 0.6 is 11.3 Å². The summed E-state index contributed by atoms with van der Waals surface area (Å²) in [5.74, 6) is -1.42. The van der Waals surface area contributed by atoms with E-state index in [-0.39, 0.29) is 29.2 Å². The number of aliphatic hydroxyl groups is 1. The van der Waals surface area contributed by atoms with Crippen molar-refractivity contribution in [3.05, 3.63) is 76.6 Å². The van der Waals surface area contributed by atoms with Gasteiger partial charge in [-0.15, -0.1) is 11.3 Å².